The van der Waals surface area contributed by atoms with Gasteiger partial charge in [-0.2, -0.15) is 0 Å². The molecule has 1 aromatic carbocycles. The average Bonchev–Trinajstić information content (AvgIpc) is 3.33. The van der Waals surface area contributed by atoms with Crippen molar-refractivity contribution in [3.8, 4) is 0 Å². The Bertz CT molecular complexity index is 830. The number of allylic oxidation sites excluding steroid dienone is 2. The molecule has 2 nitrogen and oxygen atoms in total. The molecule has 1 saturated carbocycles. The summed E-state index contributed by atoms with van der Waals surface area (Å²) in [7, 11) is 0. The lowest BCUT2D eigenvalue weighted by Gasteiger charge is -2.17. The molecule has 2 heteroatoms. The van der Waals surface area contributed by atoms with Gasteiger partial charge in [0.15, 0.2) is 0 Å². The Morgan fingerprint density at radius 1 is 1.19 bits per heavy atom. The molecule has 2 aliphatic rings. The van der Waals surface area contributed by atoms with Gasteiger partial charge in [0.1, 0.15) is 0 Å². The molecule has 1 aliphatic carbocycles. The molecule has 1 aliphatic heterocycles. The zero-order chi connectivity index (χ0) is 19.4. The van der Waals surface area contributed by atoms with Crippen molar-refractivity contribution >= 4 is 10.9 Å². The van der Waals surface area contributed by atoms with E-state index in [1.165, 1.54) is 41.5 Å². The number of pyridine rings is 1. The van der Waals surface area contributed by atoms with E-state index in [0.29, 0.717) is 5.92 Å². The highest BCUT2D eigenvalue weighted by Gasteiger charge is 2.34. The van der Waals surface area contributed by atoms with E-state index in [4.69, 9.17) is 0 Å². The fraction of sp³-hybridized carbons (Fsp3) is 0.400. The molecule has 2 unspecified atom stereocenters. The number of hydrogen-bond donors (Lipinski definition) is 0. The van der Waals surface area contributed by atoms with Gasteiger partial charge in [-0.25, -0.2) is 0 Å². The first-order valence-electron chi connectivity index (χ1n) is 9.98. The monoisotopic (exact) mass is 360 g/mol. The second-order valence-electron chi connectivity index (χ2n) is 8.14. The van der Waals surface area contributed by atoms with Crippen molar-refractivity contribution in [2.75, 3.05) is 13.1 Å². The number of para-hydroxylation sites is 1. The lowest BCUT2D eigenvalue weighted by atomic mass is 10.0. The first kappa shape index (κ1) is 19.6. The van der Waals surface area contributed by atoms with Crippen LogP contribution in [0.25, 0.3) is 10.9 Å². The summed E-state index contributed by atoms with van der Waals surface area (Å²) in [5.74, 6) is 2.20. The molecular weight excluding hydrogens is 328 g/mol. The Morgan fingerprint density at radius 2 is 1.96 bits per heavy atom. The zero-order valence-corrected chi connectivity index (χ0v) is 16.8. The maximum Gasteiger partial charge on any atom is 0.0705 e. The molecule has 1 aromatic heterocycles. The molecule has 142 valence electrons. The van der Waals surface area contributed by atoms with Crippen LogP contribution in [-0.2, 0) is 6.54 Å². The molecular formula is C25H32N2. The van der Waals surface area contributed by atoms with E-state index in [9.17, 15) is 0 Å². The minimum absolute atomic E-state index is 0.674. The molecule has 2 fully saturated rings. The topological polar surface area (TPSA) is 16.1 Å². The summed E-state index contributed by atoms with van der Waals surface area (Å²) in [6.07, 6.45) is 6.49. The number of aromatic nitrogens is 1. The Kier molecular flexibility index (Phi) is 6.28. The molecule has 0 spiro atoms. The third-order valence-electron chi connectivity index (χ3n) is 5.88. The highest BCUT2D eigenvalue weighted by molar-refractivity contribution is 5.81. The van der Waals surface area contributed by atoms with Crippen molar-refractivity contribution < 1.29 is 0 Å². The van der Waals surface area contributed by atoms with Crippen molar-refractivity contribution in [3.63, 3.8) is 0 Å². The van der Waals surface area contributed by atoms with Crippen LogP contribution in [0.3, 0.4) is 0 Å². The fourth-order valence-corrected chi connectivity index (χ4v) is 3.95. The number of benzene rings is 1. The molecule has 2 heterocycles. The summed E-state index contributed by atoms with van der Waals surface area (Å²) in [5, 5.41) is 1.28. The molecule has 0 bridgehead atoms. The first-order valence-corrected chi connectivity index (χ1v) is 9.98. The minimum Gasteiger partial charge on any atom is -0.298 e. The number of fused-ring (bicyclic) bond motifs is 1. The van der Waals surface area contributed by atoms with Crippen LogP contribution in [0, 0.1) is 17.8 Å². The van der Waals surface area contributed by atoms with Gasteiger partial charge in [0.05, 0.1) is 5.52 Å². The van der Waals surface area contributed by atoms with Gasteiger partial charge in [-0.15, -0.1) is 6.58 Å². The highest BCUT2D eigenvalue weighted by atomic mass is 15.1. The Morgan fingerprint density at radius 3 is 2.56 bits per heavy atom. The van der Waals surface area contributed by atoms with Crippen LogP contribution in [0.4, 0.5) is 0 Å². The van der Waals surface area contributed by atoms with E-state index >= 15 is 0 Å². The second kappa shape index (κ2) is 8.67. The minimum atomic E-state index is 0.674. The van der Waals surface area contributed by atoms with Gasteiger partial charge in [-0.3, -0.25) is 9.88 Å². The SMILES string of the molecule is C=C(C)[C@H]1CCN(Cc2ccnc3ccccc23)C1.C=CC1CC1C(=C)C. The van der Waals surface area contributed by atoms with Gasteiger partial charge in [0, 0.05) is 24.7 Å². The van der Waals surface area contributed by atoms with Crippen LogP contribution >= 0.6 is 0 Å². The lowest BCUT2D eigenvalue weighted by Crippen LogP contribution is -2.20. The summed E-state index contributed by atoms with van der Waals surface area (Å²) in [4.78, 5) is 6.96. The largest absolute Gasteiger partial charge is 0.298 e. The van der Waals surface area contributed by atoms with Crippen molar-refractivity contribution in [2.45, 2.75) is 33.2 Å². The lowest BCUT2D eigenvalue weighted by molar-refractivity contribution is 0.324. The Labute approximate surface area is 164 Å². The van der Waals surface area contributed by atoms with Crippen LogP contribution < -0.4 is 0 Å². The normalized spacial score (nSPS) is 24.1. The summed E-state index contributed by atoms with van der Waals surface area (Å²) < 4.78 is 0. The first-order chi connectivity index (χ1) is 13.0. The van der Waals surface area contributed by atoms with E-state index in [0.717, 1.165) is 30.4 Å². The van der Waals surface area contributed by atoms with Crippen molar-refractivity contribution in [1.29, 1.82) is 0 Å². The predicted octanol–water partition coefficient (Wildman–Crippen LogP) is 6.02. The predicted molar refractivity (Wildman–Crippen MR) is 117 cm³/mol. The number of nitrogens with zero attached hydrogens (tertiary/aromatic N) is 2. The van der Waals surface area contributed by atoms with Gasteiger partial charge >= 0.3 is 0 Å². The molecule has 0 N–H and O–H groups in total. The third kappa shape index (κ3) is 4.95. The maximum atomic E-state index is 4.43. The van der Waals surface area contributed by atoms with Gasteiger partial charge in [-0.1, -0.05) is 48.6 Å². The zero-order valence-electron chi connectivity index (χ0n) is 16.8. The maximum absolute atomic E-state index is 4.43. The van der Waals surface area contributed by atoms with E-state index in [2.05, 4.69) is 67.7 Å². The summed E-state index contributed by atoms with van der Waals surface area (Å²) in [5.41, 5.74) is 5.11. The molecule has 1 saturated heterocycles. The van der Waals surface area contributed by atoms with E-state index in [-0.39, 0.29) is 0 Å². The van der Waals surface area contributed by atoms with E-state index in [1.54, 1.807) is 0 Å². The molecule has 3 atom stereocenters. The van der Waals surface area contributed by atoms with E-state index < -0.39 is 0 Å². The Hall–Kier alpha value is -2.19. The third-order valence-corrected chi connectivity index (χ3v) is 5.88. The molecule has 27 heavy (non-hydrogen) atoms. The average molecular weight is 361 g/mol. The summed E-state index contributed by atoms with van der Waals surface area (Å²) in [6.45, 7) is 19.3. The van der Waals surface area contributed by atoms with Crippen molar-refractivity contribution in [1.82, 2.24) is 9.88 Å². The highest BCUT2D eigenvalue weighted by Crippen LogP contribution is 2.43. The van der Waals surface area contributed by atoms with E-state index in [1.807, 2.05) is 18.3 Å². The fourth-order valence-electron chi connectivity index (χ4n) is 3.95. The van der Waals surface area contributed by atoms with Gasteiger partial charge in [0.25, 0.3) is 0 Å². The van der Waals surface area contributed by atoms with Crippen LogP contribution in [-0.4, -0.2) is 23.0 Å². The second-order valence-corrected chi connectivity index (χ2v) is 8.14. The smallest absolute Gasteiger partial charge is 0.0705 e. The number of hydrogen-bond acceptors (Lipinski definition) is 2. The van der Waals surface area contributed by atoms with Gasteiger partial charge < -0.3 is 0 Å². The summed E-state index contributed by atoms with van der Waals surface area (Å²) in [6, 6.07) is 10.5. The molecule has 0 radical (unpaired) electrons. The summed E-state index contributed by atoms with van der Waals surface area (Å²) >= 11 is 0. The quantitative estimate of drug-likeness (QED) is 0.606. The van der Waals surface area contributed by atoms with Crippen molar-refractivity contribution in [3.05, 3.63) is 79.1 Å². The Balaban J connectivity index is 0.000000221. The number of likely N-dealkylation sites (tertiary alicyclic amines) is 1. The van der Waals surface area contributed by atoms with Crippen molar-refractivity contribution in [2.24, 2.45) is 17.8 Å². The number of rotatable bonds is 5. The molecule has 0 amide bonds. The standard InChI is InChI=1S/C17H20N2.C8H12/c1-13(2)14-8-10-19(11-14)12-15-7-9-18-17-6-4-3-5-16(15)17;1-4-7-5-8(7)6(2)3/h3-7,9,14H,1,8,10-12H2,2H3;4,7-8H,1-2,5H2,3H3/t14-;/m0./s1. The van der Waals surface area contributed by atoms with Gasteiger partial charge in [0.2, 0.25) is 0 Å². The molecule has 2 aromatic rings. The van der Waals surface area contributed by atoms with Crippen LogP contribution in [0.2, 0.25) is 0 Å². The van der Waals surface area contributed by atoms with Crippen LogP contribution in [0.1, 0.15) is 32.3 Å². The van der Waals surface area contributed by atoms with Gasteiger partial charge in [-0.05, 0) is 68.7 Å². The molecule has 4 rings (SSSR count). The van der Waals surface area contributed by atoms with Crippen LogP contribution in [0.15, 0.2) is 73.5 Å². The van der Waals surface area contributed by atoms with Crippen LogP contribution in [0.5, 0.6) is 0 Å².